The van der Waals surface area contributed by atoms with Crippen LogP contribution in [0.25, 0.3) is 0 Å². The molecule has 1 fully saturated rings. The first-order valence-corrected chi connectivity index (χ1v) is 12.4. The van der Waals surface area contributed by atoms with Crippen LogP contribution in [0.15, 0.2) is 5.16 Å². The first-order valence-electron chi connectivity index (χ1n) is 10.6. The number of esters is 1. The standard InChI is InChI=1S/C21H29N5O4S2/c1-12-16(20(29)30-3)19(32-17(12)18(22)28)23-15(27)11-31-21-25-24-14(26(21)2)10-9-13-7-5-4-6-8-13/h13H,4-11H2,1-3H3,(H2,22,28)(H,23,27). The summed E-state index contributed by atoms with van der Waals surface area (Å²) in [6.07, 6.45) is 8.59. The van der Waals surface area contributed by atoms with E-state index in [9.17, 15) is 14.4 Å². The lowest BCUT2D eigenvalue weighted by Crippen LogP contribution is -2.16. The fraction of sp³-hybridized carbons (Fsp3) is 0.571. The highest BCUT2D eigenvalue weighted by Crippen LogP contribution is 2.34. The maximum absolute atomic E-state index is 12.5. The molecule has 174 valence electrons. The molecule has 0 aliphatic heterocycles. The van der Waals surface area contributed by atoms with Crippen molar-refractivity contribution in [3.05, 3.63) is 21.8 Å². The Balaban J connectivity index is 1.59. The van der Waals surface area contributed by atoms with E-state index < -0.39 is 11.9 Å². The van der Waals surface area contributed by atoms with E-state index in [-0.39, 0.29) is 27.1 Å². The molecule has 2 aromatic rings. The van der Waals surface area contributed by atoms with Crippen LogP contribution in [0.3, 0.4) is 0 Å². The van der Waals surface area contributed by atoms with Gasteiger partial charge in [-0.05, 0) is 24.8 Å². The molecule has 9 nitrogen and oxygen atoms in total. The van der Waals surface area contributed by atoms with Crippen LogP contribution in [0, 0.1) is 12.8 Å². The summed E-state index contributed by atoms with van der Waals surface area (Å²) in [4.78, 5) is 36.5. The molecule has 11 heteroatoms. The second kappa shape index (κ2) is 11.0. The lowest BCUT2D eigenvalue weighted by Gasteiger charge is -2.20. The van der Waals surface area contributed by atoms with E-state index in [0.29, 0.717) is 10.7 Å². The molecular formula is C21H29N5O4S2. The number of nitrogens with one attached hydrogen (secondary N) is 1. The third-order valence-corrected chi connectivity index (χ3v) is 8.01. The Bertz CT molecular complexity index is 995. The molecule has 32 heavy (non-hydrogen) atoms. The van der Waals surface area contributed by atoms with Crippen molar-refractivity contribution in [2.45, 2.75) is 57.0 Å². The predicted octanol–water partition coefficient (Wildman–Crippen LogP) is 3.31. The highest BCUT2D eigenvalue weighted by Gasteiger charge is 2.25. The molecule has 3 N–H and O–H groups in total. The van der Waals surface area contributed by atoms with E-state index in [1.807, 2.05) is 11.6 Å². The van der Waals surface area contributed by atoms with E-state index in [4.69, 9.17) is 10.5 Å². The van der Waals surface area contributed by atoms with Gasteiger partial charge in [0, 0.05) is 13.5 Å². The van der Waals surface area contributed by atoms with Gasteiger partial charge in [-0.15, -0.1) is 21.5 Å². The number of aromatic nitrogens is 3. The summed E-state index contributed by atoms with van der Waals surface area (Å²) in [5.41, 5.74) is 5.92. The maximum atomic E-state index is 12.5. The second-order valence-electron chi connectivity index (χ2n) is 7.95. The van der Waals surface area contributed by atoms with Crippen molar-refractivity contribution in [3.8, 4) is 0 Å². The fourth-order valence-electron chi connectivity index (χ4n) is 3.97. The highest BCUT2D eigenvalue weighted by molar-refractivity contribution is 7.99. The van der Waals surface area contributed by atoms with Crippen LogP contribution in [-0.2, 0) is 23.0 Å². The third-order valence-electron chi connectivity index (χ3n) is 5.77. The predicted molar refractivity (Wildman–Crippen MR) is 124 cm³/mol. The van der Waals surface area contributed by atoms with E-state index in [1.54, 1.807) is 6.92 Å². The van der Waals surface area contributed by atoms with Crippen molar-refractivity contribution in [1.29, 1.82) is 0 Å². The van der Waals surface area contributed by atoms with Gasteiger partial charge >= 0.3 is 5.97 Å². The normalized spacial score (nSPS) is 14.3. The number of methoxy groups -OCH3 is 1. The Kier molecular flexibility index (Phi) is 8.30. The van der Waals surface area contributed by atoms with Crippen molar-refractivity contribution in [3.63, 3.8) is 0 Å². The molecule has 3 rings (SSSR count). The average Bonchev–Trinajstić information content (AvgIpc) is 3.30. The lowest BCUT2D eigenvalue weighted by molar-refractivity contribution is -0.113. The Labute approximate surface area is 195 Å². The molecule has 2 aromatic heterocycles. The topological polar surface area (TPSA) is 129 Å². The minimum atomic E-state index is -0.660. The summed E-state index contributed by atoms with van der Waals surface area (Å²) >= 11 is 2.23. The van der Waals surface area contributed by atoms with Crippen LogP contribution < -0.4 is 11.1 Å². The van der Waals surface area contributed by atoms with Crippen LogP contribution in [0.4, 0.5) is 5.00 Å². The molecule has 0 bridgehead atoms. The van der Waals surface area contributed by atoms with E-state index in [1.165, 1.54) is 51.0 Å². The number of nitrogens with zero attached hydrogens (tertiary/aromatic N) is 3. The Morgan fingerprint density at radius 1 is 1.25 bits per heavy atom. The van der Waals surface area contributed by atoms with Gasteiger partial charge in [0.15, 0.2) is 5.16 Å². The largest absolute Gasteiger partial charge is 0.465 e. The van der Waals surface area contributed by atoms with Crippen LogP contribution in [0.1, 0.15) is 69.9 Å². The number of ether oxygens (including phenoxy) is 1. The van der Waals surface area contributed by atoms with Crippen LogP contribution in [0.5, 0.6) is 0 Å². The first-order chi connectivity index (χ1) is 15.3. The molecule has 0 spiro atoms. The number of hydrogen-bond acceptors (Lipinski definition) is 8. The molecule has 0 radical (unpaired) electrons. The monoisotopic (exact) mass is 479 g/mol. The zero-order chi connectivity index (χ0) is 23.3. The summed E-state index contributed by atoms with van der Waals surface area (Å²) < 4.78 is 6.72. The Hall–Kier alpha value is -2.40. The van der Waals surface area contributed by atoms with E-state index >= 15 is 0 Å². The number of thiophene rings is 1. The maximum Gasteiger partial charge on any atom is 0.341 e. The molecule has 1 saturated carbocycles. The molecule has 0 unspecified atom stereocenters. The molecule has 0 atom stereocenters. The molecule has 1 aliphatic rings. The van der Waals surface area contributed by atoms with Gasteiger partial charge in [0.2, 0.25) is 5.91 Å². The molecule has 1 aliphatic carbocycles. The summed E-state index contributed by atoms with van der Waals surface area (Å²) in [7, 11) is 3.15. The number of nitrogens with two attached hydrogens (primary N) is 1. The van der Waals surface area contributed by atoms with Crippen molar-refractivity contribution < 1.29 is 19.1 Å². The van der Waals surface area contributed by atoms with Crippen LogP contribution in [-0.4, -0.2) is 45.4 Å². The lowest BCUT2D eigenvalue weighted by atomic mass is 9.86. The number of thioether (sulfide) groups is 1. The SMILES string of the molecule is COC(=O)c1c(NC(=O)CSc2nnc(CCC3CCCCC3)n2C)sc(C(N)=O)c1C. The summed E-state index contributed by atoms with van der Waals surface area (Å²) in [5.74, 6) is 0.150. The summed E-state index contributed by atoms with van der Waals surface area (Å²) in [5, 5.41) is 12.1. The number of anilines is 1. The Morgan fingerprint density at radius 2 is 1.97 bits per heavy atom. The second-order valence-corrected chi connectivity index (χ2v) is 9.92. The smallest absolute Gasteiger partial charge is 0.341 e. The van der Waals surface area contributed by atoms with Gasteiger partial charge in [0.25, 0.3) is 5.91 Å². The van der Waals surface area contributed by atoms with E-state index in [2.05, 4.69) is 15.5 Å². The van der Waals surface area contributed by atoms with Gasteiger partial charge in [-0.25, -0.2) is 4.79 Å². The molecular weight excluding hydrogens is 450 g/mol. The minimum absolute atomic E-state index is 0.0814. The van der Waals surface area contributed by atoms with Gasteiger partial charge in [-0.2, -0.15) is 0 Å². The average molecular weight is 480 g/mol. The number of amides is 2. The molecule has 0 aromatic carbocycles. The van der Waals surface area contributed by atoms with Crippen LogP contribution >= 0.6 is 23.1 Å². The number of rotatable bonds is 9. The van der Waals surface area contributed by atoms with Crippen LogP contribution in [0.2, 0.25) is 0 Å². The minimum Gasteiger partial charge on any atom is -0.465 e. The summed E-state index contributed by atoms with van der Waals surface area (Å²) in [6.45, 7) is 1.60. The van der Waals surface area contributed by atoms with Crippen molar-refractivity contribution in [2.75, 3.05) is 18.2 Å². The van der Waals surface area contributed by atoms with Gasteiger partial charge in [0.1, 0.15) is 10.8 Å². The zero-order valence-corrected chi connectivity index (χ0v) is 20.2. The van der Waals surface area contributed by atoms with Gasteiger partial charge < -0.3 is 20.4 Å². The quantitative estimate of drug-likeness (QED) is 0.417. The van der Waals surface area contributed by atoms with Gasteiger partial charge in [-0.1, -0.05) is 43.9 Å². The van der Waals surface area contributed by atoms with Crippen molar-refractivity contribution in [1.82, 2.24) is 14.8 Å². The fourth-order valence-corrected chi connectivity index (χ4v) is 5.77. The zero-order valence-electron chi connectivity index (χ0n) is 18.6. The number of aryl methyl sites for hydroxylation is 1. The molecule has 2 amide bonds. The number of carbonyl (C=O) groups excluding carboxylic acids is 3. The molecule has 0 saturated heterocycles. The Morgan fingerprint density at radius 3 is 2.62 bits per heavy atom. The molecule has 2 heterocycles. The number of hydrogen-bond donors (Lipinski definition) is 2. The van der Waals surface area contributed by atoms with Crippen molar-refractivity contribution >= 4 is 45.9 Å². The number of carbonyl (C=O) groups is 3. The third kappa shape index (κ3) is 5.69. The summed E-state index contributed by atoms with van der Waals surface area (Å²) in [6, 6.07) is 0. The first kappa shape index (κ1) is 24.2. The van der Waals surface area contributed by atoms with E-state index in [0.717, 1.165) is 35.9 Å². The van der Waals surface area contributed by atoms with Gasteiger partial charge in [-0.3, -0.25) is 9.59 Å². The van der Waals surface area contributed by atoms with Crippen molar-refractivity contribution in [2.24, 2.45) is 18.7 Å². The highest BCUT2D eigenvalue weighted by atomic mass is 32.2. The number of primary amides is 1. The van der Waals surface area contributed by atoms with Gasteiger partial charge in [0.05, 0.1) is 23.3 Å².